The number of aromatic nitrogens is 1. The third-order valence-corrected chi connectivity index (χ3v) is 5.75. The fourth-order valence-corrected chi connectivity index (χ4v) is 2.70. The lowest BCUT2D eigenvalue weighted by atomic mass is 10.1. The summed E-state index contributed by atoms with van der Waals surface area (Å²) < 4.78 is 23.2. The second-order valence-electron chi connectivity index (χ2n) is 5.57. The average Bonchev–Trinajstić information content (AvgIpc) is 2.33. The van der Waals surface area contributed by atoms with Crippen LogP contribution in [0.1, 0.15) is 39.0 Å². The number of pyridine rings is 1. The van der Waals surface area contributed by atoms with E-state index in [0.29, 0.717) is 13.1 Å². The molecular formula is C14H24N2O2S. The zero-order valence-electron chi connectivity index (χ0n) is 12.2. The first-order chi connectivity index (χ1) is 8.78. The molecule has 0 saturated carbocycles. The minimum atomic E-state index is -3.05. The monoisotopic (exact) mass is 284 g/mol. The molecule has 19 heavy (non-hydrogen) atoms. The molecule has 0 aromatic carbocycles. The van der Waals surface area contributed by atoms with Crippen molar-refractivity contribution in [3.05, 3.63) is 29.6 Å². The highest BCUT2D eigenvalue weighted by atomic mass is 32.2. The normalized spacial score (nSPS) is 12.6. The molecule has 1 aromatic heterocycles. The molecule has 1 rings (SSSR count). The zero-order valence-corrected chi connectivity index (χ0v) is 13.0. The van der Waals surface area contributed by atoms with Crippen molar-refractivity contribution in [3.8, 4) is 0 Å². The van der Waals surface area contributed by atoms with Crippen LogP contribution < -0.4 is 5.32 Å². The first-order valence-electron chi connectivity index (χ1n) is 6.63. The second kappa shape index (κ2) is 6.48. The van der Waals surface area contributed by atoms with Crippen LogP contribution in [0.3, 0.4) is 0 Å². The van der Waals surface area contributed by atoms with E-state index in [9.17, 15) is 8.42 Å². The van der Waals surface area contributed by atoms with E-state index in [1.807, 2.05) is 6.07 Å². The van der Waals surface area contributed by atoms with Crippen molar-refractivity contribution in [2.75, 3.05) is 12.3 Å². The fraction of sp³-hybridized carbons (Fsp3) is 0.643. The van der Waals surface area contributed by atoms with Crippen LogP contribution >= 0.6 is 0 Å². The first kappa shape index (κ1) is 16.1. The summed E-state index contributed by atoms with van der Waals surface area (Å²) >= 11 is 0. The summed E-state index contributed by atoms with van der Waals surface area (Å²) in [5.74, 6) is 0.158. The molecule has 0 radical (unpaired) electrons. The molecule has 0 fully saturated rings. The Morgan fingerprint density at radius 3 is 2.58 bits per heavy atom. The molecule has 0 spiro atoms. The molecule has 1 heterocycles. The van der Waals surface area contributed by atoms with E-state index in [4.69, 9.17) is 0 Å². The lowest BCUT2D eigenvalue weighted by molar-refractivity contribution is 0.555. The summed E-state index contributed by atoms with van der Waals surface area (Å²) in [7, 11) is -3.05. The highest BCUT2D eigenvalue weighted by Crippen LogP contribution is 2.15. The maximum Gasteiger partial charge on any atom is 0.156 e. The molecule has 1 N–H and O–H groups in total. The predicted molar refractivity (Wildman–Crippen MR) is 78.9 cm³/mol. The molecule has 0 saturated heterocycles. The predicted octanol–water partition coefficient (Wildman–Crippen LogP) is 1.95. The first-order valence-corrected chi connectivity index (χ1v) is 8.29. The van der Waals surface area contributed by atoms with Gasteiger partial charge < -0.3 is 5.32 Å². The van der Waals surface area contributed by atoms with Gasteiger partial charge in [-0.25, -0.2) is 8.42 Å². The van der Waals surface area contributed by atoms with Gasteiger partial charge in [-0.2, -0.15) is 0 Å². The summed E-state index contributed by atoms with van der Waals surface area (Å²) in [6, 6.07) is 3.97. The number of sulfone groups is 1. The Balaban J connectivity index is 2.48. The van der Waals surface area contributed by atoms with E-state index in [1.165, 1.54) is 5.56 Å². The quantitative estimate of drug-likeness (QED) is 0.811. The van der Waals surface area contributed by atoms with Crippen molar-refractivity contribution >= 4 is 9.84 Å². The van der Waals surface area contributed by atoms with Crippen molar-refractivity contribution in [1.82, 2.24) is 10.3 Å². The van der Waals surface area contributed by atoms with Crippen LogP contribution in [0.4, 0.5) is 0 Å². The lowest BCUT2D eigenvalue weighted by Crippen LogP contribution is -2.34. The Labute approximate surface area is 116 Å². The van der Waals surface area contributed by atoms with Gasteiger partial charge in [0.15, 0.2) is 9.84 Å². The van der Waals surface area contributed by atoms with E-state index in [0.717, 1.165) is 12.1 Å². The fourth-order valence-electron chi connectivity index (χ4n) is 1.67. The molecule has 0 atom stereocenters. The Hall–Kier alpha value is -0.940. The molecule has 4 nitrogen and oxygen atoms in total. The van der Waals surface area contributed by atoms with Crippen LogP contribution in [0.2, 0.25) is 0 Å². The van der Waals surface area contributed by atoms with Crippen LogP contribution in [-0.4, -0.2) is 30.4 Å². The maximum atomic E-state index is 11.9. The number of hydrogen-bond acceptors (Lipinski definition) is 4. The highest BCUT2D eigenvalue weighted by molar-refractivity contribution is 7.92. The van der Waals surface area contributed by atoms with Gasteiger partial charge in [-0.1, -0.05) is 13.0 Å². The Morgan fingerprint density at radius 1 is 1.32 bits per heavy atom. The number of nitrogens with one attached hydrogen (secondary N) is 1. The summed E-state index contributed by atoms with van der Waals surface area (Å²) in [6.45, 7) is 8.36. The summed E-state index contributed by atoms with van der Waals surface area (Å²) in [6.07, 6.45) is 2.70. The number of rotatable bonds is 6. The van der Waals surface area contributed by atoms with Gasteiger partial charge in [0.05, 0.1) is 16.2 Å². The van der Waals surface area contributed by atoms with Crippen molar-refractivity contribution in [2.24, 2.45) is 0 Å². The van der Waals surface area contributed by atoms with Crippen LogP contribution in [0, 0.1) is 0 Å². The van der Waals surface area contributed by atoms with E-state index in [2.05, 4.69) is 23.3 Å². The van der Waals surface area contributed by atoms with E-state index >= 15 is 0 Å². The Kier molecular flexibility index (Phi) is 5.50. The SMILES string of the molecule is CCc1cccnc1CNCCS(=O)(=O)C(C)(C)C. The largest absolute Gasteiger partial charge is 0.310 e. The summed E-state index contributed by atoms with van der Waals surface area (Å²) in [5, 5.41) is 3.16. The topological polar surface area (TPSA) is 59.1 Å². The van der Waals surface area contributed by atoms with Gasteiger partial charge in [-0.3, -0.25) is 4.98 Å². The standard InChI is InChI=1S/C14H24N2O2S/c1-5-12-7-6-8-16-13(12)11-15-9-10-19(17,18)14(2,3)4/h6-8,15H,5,9-11H2,1-4H3. The number of hydrogen-bond donors (Lipinski definition) is 1. The van der Waals surface area contributed by atoms with Gasteiger partial charge in [-0.15, -0.1) is 0 Å². The van der Waals surface area contributed by atoms with Crippen molar-refractivity contribution < 1.29 is 8.42 Å². The maximum absolute atomic E-state index is 11.9. The molecule has 0 aliphatic carbocycles. The summed E-state index contributed by atoms with van der Waals surface area (Å²) in [5.41, 5.74) is 2.20. The molecule has 0 bridgehead atoms. The van der Waals surface area contributed by atoms with Crippen LogP contribution in [0.25, 0.3) is 0 Å². The zero-order chi connectivity index (χ0) is 14.5. The van der Waals surface area contributed by atoms with Crippen molar-refractivity contribution in [1.29, 1.82) is 0 Å². The smallest absolute Gasteiger partial charge is 0.156 e. The van der Waals surface area contributed by atoms with Gasteiger partial charge in [0.25, 0.3) is 0 Å². The molecule has 5 heteroatoms. The molecule has 0 aliphatic heterocycles. The summed E-state index contributed by atoms with van der Waals surface area (Å²) in [4.78, 5) is 4.32. The van der Waals surface area contributed by atoms with Gasteiger partial charge >= 0.3 is 0 Å². The van der Waals surface area contributed by atoms with Gasteiger partial charge in [0.1, 0.15) is 0 Å². The van der Waals surface area contributed by atoms with Crippen LogP contribution in [-0.2, 0) is 22.8 Å². The molecule has 0 amide bonds. The molecule has 0 aliphatic rings. The van der Waals surface area contributed by atoms with Crippen LogP contribution in [0.15, 0.2) is 18.3 Å². The van der Waals surface area contributed by atoms with Gasteiger partial charge in [0, 0.05) is 19.3 Å². The van der Waals surface area contributed by atoms with E-state index in [-0.39, 0.29) is 5.75 Å². The van der Waals surface area contributed by atoms with Gasteiger partial charge in [-0.05, 0) is 38.8 Å². The third kappa shape index (κ3) is 4.58. The van der Waals surface area contributed by atoms with Crippen molar-refractivity contribution in [2.45, 2.75) is 45.4 Å². The molecule has 108 valence electrons. The Morgan fingerprint density at radius 2 is 2.00 bits per heavy atom. The molecular weight excluding hydrogens is 260 g/mol. The highest BCUT2D eigenvalue weighted by Gasteiger charge is 2.27. The van der Waals surface area contributed by atoms with Gasteiger partial charge in [0.2, 0.25) is 0 Å². The molecule has 0 unspecified atom stereocenters. The number of aryl methyl sites for hydroxylation is 1. The van der Waals surface area contributed by atoms with Crippen LogP contribution in [0.5, 0.6) is 0 Å². The van der Waals surface area contributed by atoms with E-state index in [1.54, 1.807) is 27.0 Å². The molecule has 1 aromatic rings. The Bertz CT molecular complexity index is 504. The minimum absolute atomic E-state index is 0.158. The lowest BCUT2D eigenvalue weighted by Gasteiger charge is -2.19. The minimum Gasteiger partial charge on any atom is -0.310 e. The van der Waals surface area contributed by atoms with Crippen molar-refractivity contribution in [3.63, 3.8) is 0 Å². The van der Waals surface area contributed by atoms with E-state index < -0.39 is 14.6 Å². The third-order valence-electron chi connectivity index (χ3n) is 3.14. The number of nitrogens with zero attached hydrogens (tertiary/aromatic N) is 1. The average molecular weight is 284 g/mol. The second-order valence-corrected chi connectivity index (χ2v) is 8.43.